The van der Waals surface area contributed by atoms with Crippen molar-refractivity contribution in [1.29, 1.82) is 0 Å². The normalized spacial score (nSPS) is 23.9. The van der Waals surface area contributed by atoms with Crippen molar-refractivity contribution in [3.05, 3.63) is 12.2 Å². The quantitative estimate of drug-likeness (QED) is 0.700. The number of likely N-dealkylation sites (tertiary alicyclic amines) is 1. The topological polar surface area (TPSA) is 29.3 Å². The van der Waals surface area contributed by atoms with Crippen LogP contribution in [0.3, 0.4) is 0 Å². The molecule has 0 atom stereocenters. The fraction of sp³-hybridized carbons (Fsp3) is 0.833. The first-order chi connectivity index (χ1) is 6.64. The Kier molecular flexibility index (Phi) is 4.63. The lowest BCUT2D eigenvalue weighted by atomic mass is 9.85. The second-order valence-electron chi connectivity index (χ2n) is 5.03. The molecule has 2 nitrogen and oxygen atoms in total. The maximum absolute atomic E-state index is 5.41. The van der Waals surface area contributed by atoms with Gasteiger partial charge >= 0.3 is 0 Å². The van der Waals surface area contributed by atoms with Crippen molar-refractivity contribution in [2.75, 3.05) is 26.2 Å². The monoisotopic (exact) mass is 196 g/mol. The van der Waals surface area contributed by atoms with E-state index in [4.69, 9.17) is 5.73 Å². The van der Waals surface area contributed by atoms with Gasteiger partial charge in [-0.25, -0.2) is 0 Å². The number of hydrogen-bond donors (Lipinski definition) is 1. The van der Waals surface area contributed by atoms with Crippen LogP contribution in [0.25, 0.3) is 0 Å². The molecule has 1 fully saturated rings. The summed E-state index contributed by atoms with van der Waals surface area (Å²) in [5.41, 5.74) is 5.96. The standard InChI is InChI=1S/C12H24N2/c1-12(2)6-5-10-14(11-7-12)9-4-3-8-13/h3-4H,5-11,13H2,1-2H3. The Morgan fingerprint density at radius 1 is 1.21 bits per heavy atom. The number of nitrogens with zero attached hydrogens (tertiary/aromatic N) is 1. The number of rotatable bonds is 3. The minimum absolute atomic E-state index is 0.548. The van der Waals surface area contributed by atoms with Gasteiger partial charge in [0.05, 0.1) is 0 Å². The van der Waals surface area contributed by atoms with Crippen LogP contribution in [0.2, 0.25) is 0 Å². The maximum Gasteiger partial charge on any atom is 0.0163 e. The molecule has 0 saturated carbocycles. The molecule has 1 saturated heterocycles. The van der Waals surface area contributed by atoms with Crippen molar-refractivity contribution < 1.29 is 0 Å². The molecule has 0 unspecified atom stereocenters. The van der Waals surface area contributed by atoms with Crippen LogP contribution in [0, 0.1) is 5.41 Å². The third-order valence-corrected chi connectivity index (χ3v) is 3.10. The highest BCUT2D eigenvalue weighted by Gasteiger charge is 2.22. The fourth-order valence-electron chi connectivity index (χ4n) is 1.98. The van der Waals surface area contributed by atoms with Gasteiger partial charge in [-0.3, -0.25) is 4.90 Å². The van der Waals surface area contributed by atoms with Crippen molar-refractivity contribution in [1.82, 2.24) is 4.90 Å². The lowest BCUT2D eigenvalue weighted by Gasteiger charge is -2.22. The Bertz CT molecular complexity index is 185. The SMILES string of the molecule is CC1(C)CCCN(CC=CCN)CC1. The Hall–Kier alpha value is -0.340. The average Bonchev–Trinajstić information content (AvgIpc) is 2.28. The summed E-state index contributed by atoms with van der Waals surface area (Å²) >= 11 is 0. The Balaban J connectivity index is 2.31. The van der Waals surface area contributed by atoms with Crippen molar-refractivity contribution in [3.8, 4) is 0 Å². The van der Waals surface area contributed by atoms with Crippen molar-refractivity contribution in [2.45, 2.75) is 33.1 Å². The van der Waals surface area contributed by atoms with E-state index in [-0.39, 0.29) is 0 Å². The van der Waals surface area contributed by atoms with Gasteiger partial charge in [-0.05, 0) is 37.8 Å². The van der Waals surface area contributed by atoms with Gasteiger partial charge in [0.15, 0.2) is 0 Å². The van der Waals surface area contributed by atoms with Crippen LogP contribution in [0.1, 0.15) is 33.1 Å². The molecule has 82 valence electrons. The zero-order valence-corrected chi connectivity index (χ0v) is 9.63. The molecule has 2 N–H and O–H groups in total. The lowest BCUT2D eigenvalue weighted by Crippen LogP contribution is -2.25. The van der Waals surface area contributed by atoms with Gasteiger partial charge in [0.25, 0.3) is 0 Å². The van der Waals surface area contributed by atoms with Crippen molar-refractivity contribution in [3.63, 3.8) is 0 Å². The molecule has 14 heavy (non-hydrogen) atoms. The second kappa shape index (κ2) is 5.52. The summed E-state index contributed by atoms with van der Waals surface area (Å²) in [6.45, 7) is 8.99. The van der Waals surface area contributed by atoms with E-state index in [2.05, 4.69) is 30.9 Å². The highest BCUT2D eigenvalue weighted by molar-refractivity contribution is 4.87. The minimum atomic E-state index is 0.548. The molecule has 0 amide bonds. The van der Waals surface area contributed by atoms with Crippen LogP contribution in [0.5, 0.6) is 0 Å². The van der Waals surface area contributed by atoms with Crippen LogP contribution >= 0.6 is 0 Å². The van der Waals surface area contributed by atoms with E-state index >= 15 is 0 Å². The number of hydrogen-bond acceptors (Lipinski definition) is 2. The maximum atomic E-state index is 5.41. The third-order valence-electron chi connectivity index (χ3n) is 3.10. The largest absolute Gasteiger partial charge is 0.327 e. The molecule has 1 rings (SSSR count). The van der Waals surface area contributed by atoms with Crippen LogP contribution < -0.4 is 5.73 Å². The summed E-state index contributed by atoms with van der Waals surface area (Å²) in [6, 6.07) is 0. The first-order valence-corrected chi connectivity index (χ1v) is 5.71. The van der Waals surface area contributed by atoms with E-state index in [1.54, 1.807) is 0 Å². The summed E-state index contributed by atoms with van der Waals surface area (Å²) < 4.78 is 0. The average molecular weight is 196 g/mol. The van der Waals surface area contributed by atoms with Crippen molar-refractivity contribution >= 4 is 0 Å². The zero-order chi connectivity index (χ0) is 10.4. The van der Waals surface area contributed by atoms with Gasteiger partial charge in [-0.15, -0.1) is 0 Å². The Labute approximate surface area is 88.2 Å². The van der Waals surface area contributed by atoms with Gasteiger partial charge in [-0.2, -0.15) is 0 Å². The summed E-state index contributed by atoms with van der Waals surface area (Å²) in [4.78, 5) is 2.53. The van der Waals surface area contributed by atoms with E-state index in [1.165, 1.54) is 32.4 Å². The summed E-state index contributed by atoms with van der Waals surface area (Å²) in [7, 11) is 0. The first-order valence-electron chi connectivity index (χ1n) is 5.71. The molecular formula is C12H24N2. The van der Waals surface area contributed by atoms with E-state index in [1.807, 2.05) is 0 Å². The summed E-state index contributed by atoms with van der Waals surface area (Å²) in [5.74, 6) is 0. The highest BCUT2D eigenvalue weighted by Crippen LogP contribution is 2.29. The van der Waals surface area contributed by atoms with E-state index in [0.29, 0.717) is 12.0 Å². The minimum Gasteiger partial charge on any atom is -0.327 e. The van der Waals surface area contributed by atoms with Gasteiger partial charge in [0, 0.05) is 13.1 Å². The van der Waals surface area contributed by atoms with Crippen molar-refractivity contribution in [2.24, 2.45) is 11.1 Å². The molecule has 1 heterocycles. The molecule has 0 aromatic heterocycles. The summed E-state index contributed by atoms with van der Waals surface area (Å²) in [6.07, 6.45) is 8.27. The summed E-state index contributed by atoms with van der Waals surface area (Å²) in [5, 5.41) is 0. The molecule has 0 aromatic rings. The van der Waals surface area contributed by atoms with Gasteiger partial charge in [0.2, 0.25) is 0 Å². The van der Waals surface area contributed by atoms with Gasteiger partial charge in [0.1, 0.15) is 0 Å². The lowest BCUT2D eigenvalue weighted by molar-refractivity contribution is 0.281. The number of nitrogens with two attached hydrogens (primary N) is 1. The predicted octanol–water partition coefficient (Wildman–Crippen LogP) is 2.01. The fourth-order valence-corrected chi connectivity index (χ4v) is 1.98. The van der Waals surface area contributed by atoms with Crippen LogP contribution in [0.15, 0.2) is 12.2 Å². The molecule has 0 bridgehead atoms. The van der Waals surface area contributed by atoms with Crippen LogP contribution in [-0.2, 0) is 0 Å². The Morgan fingerprint density at radius 3 is 2.71 bits per heavy atom. The van der Waals surface area contributed by atoms with E-state index in [0.717, 1.165) is 6.54 Å². The van der Waals surface area contributed by atoms with Gasteiger partial charge in [-0.1, -0.05) is 26.0 Å². The van der Waals surface area contributed by atoms with Crippen LogP contribution in [0.4, 0.5) is 0 Å². The van der Waals surface area contributed by atoms with Gasteiger partial charge < -0.3 is 5.73 Å². The van der Waals surface area contributed by atoms with E-state index < -0.39 is 0 Å². The highest BCUT2D eigenvalue weighted by atomic mass is 15.1. The van der Waals surface area contributed by atoms with E-state index in [9.17, 15) is 0 Å². The first kappa shape index (κ1) is 11.7. The molecule has 1 aliphatic heterocycles. The molecule has 0 aromatic carbocycles. The molecule has 1 aliphatic rings. The molecular weight excluding hydrogens is 172 g/mol. The smallest absolute Gasteiger partial charge is 0.0163 e. The molecule has 2 heteroatoms. The molecule has 0 spiro atoms. The molecule has 0 radical (unpaired) electrons. The second-order valence-corrected chi connectivity index (χ2v) is 5.03. The third kappa shape index (κ3) is 4.25. The van der Waals surface area contributed by atoms with Crippen LogP contribution in [-0.4, -0.2) is 31.1 Å². The zero-order valence-electron chi connectivity index (χ0n) is 9.63. The molecule has 0 aliphatic carbocycles. The predicted molar refractivity (Wildman–Crippen MR) is 62.3 cm³/mol. The Morgan fingerprint density at radius 2 is 2.00 bits per heavy atom.